The summed E-state index contributed by atoms with van der Waals surface area (Å²) in [6.45, 7) is 7.16. The molecule has 0 unspecified atom stereocenters. The lowest BCUT2D eigenvalue weighted by molar-refractivity contribution is 0.0643. The van der Waals surface area contributed by atoms with Crippen LogP contribution in [0.25, 0.3) is 0 Å². The number of rotatable bonds is 2. The first-order valence-electron chi connectivity index (χ1n) is 5.89. The monoisotopic (exact) mass is 254 g/mol. The highest BCUT2D eigenvalue weighted by atomic mass is 35.5. The maximum absolute atomic E-state index is 6.20. The minimum Gasteiger partial charge on any atom is -0.377 e. The van der Waals surface area contributed by atoms with Crippen LogP contribution in [0.1, 0.15) is 19.4 Å². The van der Waals surface area contributed by atoms with Gasteiger partial charge in [0.2, 0.25) is 0 Å². The maximum atomic E-state index is 6.20. The molecular formula is C13H19ClN2O. The van der Waals surface area contributed by atoms with E-state index < -0.39 is 0 Å². The van der Waals surface area contributed by atoms with Crippen LogP contribution in [0, 0.1) is 0 Å². The molecule has 0 aromatic heterocycles. The van der Waals surface area contributed by atoms with E-state index in [0.29, 0.717) is 6.54 Å². The Balaban J connectivity index is 2.42. The van der Waals surface area contributed by atoms with E-state index in [2.05, 4.69) is 24.8 Å². The fourth-order valence-corrected chi connectivity index (χ4v) is 2.55. The summed E-state index contributed by atoms with van der Waals surface area (Å²) in [6.07, 6.45) is 0. The second kappa shape index (κ2) is 4.84. The van der Waals surface area contributed by atoms with Crippen LogP contribution in [-0.2, 0) is 11.3 Å². The van der Waals surface area contributed by atoms with Crippen LogP contribution in [0.3, 0.4) is 0 Å². The predicted octanol–water partition coefficient (Wildman–Crippen LogP) is 2.41. The Morgan fingerprint density at radius 3 is 2.88 bits per heavy atom. The zero-order valence-corrected chi connectivity index (χ0v) is 11.1. The smallest absolute Gasteiger partial charge is 0.0694 e. The molecule has 0 spiro atoms. The quantitative estimate of drug-likeness (QED) is 0.881. The van der Waals surface area contributed by atoms with Crippen molar-refractivity contribution in [2.24, 2.45) is 5.73 Å². The number of halogens is 1. The Bertz CT molecular complexity index is 406. The molecule has 3 nitrogen and oxygen atoms in total. The fourth-order valence-electron chi connectivity index (χ4n) is 2.31. The van der Waals surface area contributed by atoms with Crippen LogP contribution in [0.15, 0.2) is 18.2 Å². The van der Waals surface area contributed by atoms with Gasteiger partial charge in [-0.15, -0.1) is 0 Å². The van der Waals surface area contributed by atoms with Gasteiger partial charge in [0.1, 0.15) is 0 Å². The fraction of sp³-hybridized carbons (Fsp3) is 0.538. The zero-order chi connectivity index (χ0) is 12.5. The van der Waals surface area contributed by atoms with Crippen molar-refractivity contribution in [2.75, 3.05) is 24.7 Å². The highest BCUT2D eigenvalue weighted by molar-refractivity contribution is 6.31. The van der Waals surface area contributed by atoms with E-state index in [1.807, 2.05) is 12.1 Å². The number of anilines is 1. The second-order valence-corrected chi connectivity index (χ2v) is 5.37. The van der Waals surface area contributed by atoms with Gasteiger partial charge in [0.25, 0.3) is 0 Å². The standard InChI is InChI=1S/C13H19ClN2O/c1-13(2)9-17-7-6-16(13)12-5-3-4-11(14)10(12)8-15/h3-5H,6-9,15H2,1-2H3. The number of nitrogens with two attached hydrogens (primary N) is 1. The van der Waals surface area contributed by atoms with Crippen molar-refractivity contribution < 1.29 is 4.74 Å². The normalized spacial score (nSPS) is 19.4. The molecule has 4 heteroatoms. The second-order valence-electron chi connectivity index (χ2n) is 4.96. The Hall–Kier alpha value is -0.770. The third-order valence-corrected chi connectivity index (χ3v) is 3.59. The molecule has 0 amide bonds. The van der Waals surface area contributed by atoms with E-state index in [1.54, 1.807) is 0 Å². The summed E-state index contributed by atoms with van der Waals surface area (Å²) in [4.78, 5) is 2.34. The van der Waals surface area contributed by atoms with Gasteiger partial charge in [-0.2, -0.15) is 0 Å². The van der Waals surface area contributed by atoms with Gasteiger partial charge in [-0.3, -0.25) is 0 Å². The van der Waals surface area contributed by atoms with Gasteiger partial charge in [-0.1, -0.05) is 17.7 Å². The van der Waals surface area contributed by atoms with E-state index in [-0.39, 0.29) is 5.54 Å². The third-order valence-electron chi connectivity index (χ3n) is 3.23. The van der Waals surface area contributed by atoms with Crippen molar-refractivity contribution in [2.45, 2.75) is 25.9 Å². The molecule has 1 aromatic rings. The molecule has 1 saturated heterocycles. The van der Waals surface area contributed by atoms with Crippen LogP contribution in [-0.4, -0.2) is 25.3 Å². The summed E-state index contributed by atoms with van der Waals surface area (Å²) < 4.78 is 5.53. The SMILES string of the molecule is CC1(C)COCCN1c1cccc(Cl)c1CN. The van der Waals surface area contributed by atoms with Gasteiger partial charge in [-0.25, -0.2) is 0 Å². The van der Waals surface area contributed by atoms with E-state index in [4.69, 9.17) is 22.1 Å². The summed E-state index contributed by atoms with van der Waals surface area (Å²) >= 11 is 6.20. The van der Waals surface area contributed by atoms with E-state index >= 15 is 0 Å². The van der Waals surface area contributed by atoms with Gasteiger partial charge in [0, 0.05) is 29.4 Å². The molecule has 0 aliphatic carbocycles. The summed E-state index contributed by atoms with van der Waals surface area (Å²) in [5.41, 5.74) is 7.93. The molecule has 17 heavy (non-hydrogen) atoms. The highest BCUT2D eigenvalue weighted by Gasteiger charge is 2.31. The number of hydrogen-bond acceptors (Lipinski definition) is 3. The average Bonchev–Trinajstić information content (AvgIpc) is 2.28. The van der Waals surface area contributed by atoms with E-state index in [9.17, 15) is 0 Å². The summed E-state index contributed by atoms with van der Waals surface area (Å²) in [7, 11) is 0. The molecule has 1 aliphatic heterocycles. The van der Waals surface area contributed by atoms with Crippen molar-refractivity contribution in [3.05, 3.63) is 28.8 Å². The molecule has 0 bridgehead atoms. The largest absolute Gasteiger partial charge is 0.377 e. The lowest BCUT2D eigenvalue weighted by Crippen LogP contribution is -2.53. The van der Waals surface area contributed by atoms with Crippen LogP contribution in [0.5, 0.6) is 0 Å². The molecule has 1 heterocycles. The van der Waals surface area contributed by atoms with E-state index in [0.717, 1.165) is 36.0 Å². The van der Waals surface area contributed by atoms with Crippen molar-refractivity contribution in [3.8, 4) is 0 Å². The van der Waals surface area contributed by atoms with Gasteiger partial charge in [0.15, 0.2) is 0 Å². The Morgan fingerprint density at radius 2 is 2.24 bits per heavy atom. The molecule has 2 rings (SSSR count). The Kier molecular flexibility index (Phi) is 3.61. The summed E-state index contributed by atoms with van der Waals surface area (Å²) in [5.74, 6) is 0. The predicted molar refractivity (Wildman–Crippen MR) is 71.6 cm³/mol. The van der Waals surface area contributed by atoms with Gasteiger partial charge in [-0.05, 0) is 26.0 Å². The summed E-state index contributed by atoms with van der Waals surface area (Å²) in [5, 5.41) is 0.743. The Morgan fingerprint density at radius 1 is 1.47 bits per heavy atom. The molecule has 0 atom stereocenters. The number of hydrogen-bond donors (Lipinski definition) is 1. The van der Waals surface area contributed by atoms with Crippen molar-refractivity contribution >= 4 is 17.3 Å². The summed E-state index contributed by atoms with van der Waals surface area (Å²) in [6, 6.07) is 5.95. The molecule has 94 valence electrons. The van der Waals surface area contributed by atoms with Crippen LogP contribution in [0.2, 0.25) is 5.02 Å². The van der Waals surface area contributed by atoms with Crippen molar-refractivity contribution in [3.63, 3.8) is 0 Å². The van der Waals surface area contributed by atoms with Gasteiger partial charge >= 0.3 is 0 Å². The minimum absolute atomic E-state index is 0.0210. The number of morpholine rings is 1. The van der Waals surface area contributed by atoms with Crippen LogP contribution >= 0.6 is 11.6 Å². The molecule has 1 aromatic carbocycles. The number of nitrogens with zero attached hydrogens (tertiary/aromatic N) is 1. The molecule has 0 saturated carbocycles. The third kappa shape index (κ3) is 2.41. The lowest BCUT2D eigenvalue weighted by Gasteiger charge is -2.44. The topological polar surface area (TPSA) is 38.5 Å². The maximum Gasteiger partial charge on any atom is 0.0694 e. The van der Waals surface area contributed by atoms with Crippen LogP contribution < -0.4 is 10.6 Å². The van der Waals surface area contributed by atoms with Gasteiger partial charge < -0.3 is 15.4 Å². The highest BCUT2D eigenvalue weighted by Crippen LogP contribution is 2.33. The van der Waals surface area contributed by atoms with Gasteiger partial charge in [0.05, 0.1) is 18.8 Å². The molecule has 0 radical (unpaired) electrons. The van der Waals surface area contributed by atoms with E-state index in [1.165, 1.54) is 0 Å². The molecule has 1 fully saturated rings. The number of benzene rings is 1. The first-order chi connectivity index (χ1) is 8.06. The first kappa shape index (κ1) is 12.7. The van der Waals surface area contributed by atoms with Crippen molar-refractivity contribution in [1.82, 2.24) is 0 Å². The zero-order valence-electron chi connectivity index (χ0n) is 10.4. The Labute approximate surface area is 107 Å². The molecule has 1 aliphatic rings. The molecular weight excluding hydrogens is 236 g/mol. The number of ether oxygens (including phenoxy) is 1. The van der Waals surface area contributed by atoms with Crippen LogP contribution in [0.4, 0.5) is 5.69 Å². The minimum atomic E-state index is -0.0210. The lowest BCUT2D eigenvalue weighted by atomic mass is 9.99. The first-order valence-corrected chi connectivity index (χ1v) is 6.27. The average molecular weight is 255 g/mol. The molecule has 2 N–H and O–H groups in total. The van der Waals surface area contributed by atoms with Crippen molar-refractivity contribution in [1.29, 1.82) is 0 Å².